The number of amides is 5. The number of urea groups is 2. The van der Waals surface area contributed by atoms with Gasteiger partial charge in [0, 0.05) is 211 Å². The lowest BCUT2D eigenvalue weighted by molar-refractivity contribution is -0.113. The van der Waals surface area contributed by atoms with Crippen LogP contribution in [0.5, 0.6) is 0 Å². The van der Waals surface area contributed by atoms with Gasteiger partial charge in [-0.2, -0.15) is 10.1 Å². The number of nitrogens with zero attached hydrogens (tertiary/aromatic N) is 13. The summed E-state index contributed by atoms with van der Waals surface area (Å²) < 4.78 is 19.1. The predicted octanol–water partition coefficient (Wildman–Crippen LogP) is 21.0. The first-order valence-electron chi connectivity index (χ1n) is 53.8. The van der Waals surface area contributed by atoms with E-state index in [-0.39, 0.29) is 86.5 Å². The molecule has 17 rings (SSSR count). The summed E-state index contributed by atoms with van der Waals surface area (Å²) >= 11 is 10.4. The topological polar surface area (TPSA) is 385 Å². The molecule has 0 unspecified atom stereocenters. The Morgan fingerprint density at radius 2 is 0.700 bits per heavy atom. The summed E-state index contributed by atoms with van der Waals surface area (Å²) in [5.41, 5.74) is 27.7. The number of rotatable bonds is 24. The molecule has 0 atom stereocenters. The first kappa shape index (κ1) is 120. The van der Waals surface area contributed by atoms with E-state index in [1.165, 1.54) is 17.9 Å². The monoisotopic (exact) mass is 2180 g/mol. The lowest BCUT2D eigenvalue weighted by atomic mass is 9.77. The molecule has 150 heavy (non-hydrogen) atoms. The third kappa shape index (κ3) is 35.2. The van der Waals surface area contributed by atoms with Gasteiger partial charge in [0.25, 0.3) is 0 Å². The fourth-order valence-corrected chi connectivity index (χ4v) is 24.9. The molecule has 0 radical (unpaired) electrons. The summed E-state index contributed by atoms with van der Waals surface area (Å²) in [4.78, 5) is 116. The second-order valence-electron chi connectivity index (χ2n) is 47.2. The van der Waals surface area contributed by atoms with Gasteiger partial charge in [-0.05, 0) is 303 Å². The van der Waals surface area contributed by atoms with E-state index in [0.29, 0.717) is 122 Å². The molecular weight excluding hydrogens is 2020 g/mol. The second-order valence-corrected chi connectivity index (χ2v) is 64.6. The molecule has 8 saturated heterocycles. The van der Waals surface area contributed by atoms with E-state index >= 15 is 0 Å². The molecule has 9 aromatic rings. The number of nitrogen functional groups attached to an aromatic ring is 3. The number of benzene rings is 3. The summed E-state index contributed by atoms with van der Waals surface area (Å²) in [6.07, 6.45) is 25.3. The van der Waals surface area contributed by atoms with Gasteiger partial charge in [0.05, 0.1) is 22.8 Å². The van der Waals surface area contributed by atoms with Gasteiger partial charge in [0.1, 0.15) is 17.5 Å². The van der Waals surface area contributed by atoms with Crippen LogP contribution in [0.2, 0.25) is 54.4 Å². The maximum atomic E-state index is 13.3. The molecule has 6 aromatic heterocycles. The van der Waals surface area contributed by atoms with Crippen LogP contribution in [-0.2, 0) is 51.9 Å². The van der Waals surface area contributed by atoms with Gasteiger partial charge in [-0.25, -0.2) is 39.5 Å². The minimum absolute atomic E-state index is 0.00527. The Balaban J connectivity index is 0.000000172. The highest BCUT2D eigenvalue weighted by molar-refractivity contribution is 7.14. The van der Waals surface area contributed by atoms with Crippen LogP contribution in [-0.4, -0.2) is 284 Å². The zero-order valence-corrected chi connectivity index (χ0v) is 98.4. The van der Waals surface area contributed by atoms with Crippen molar-refractivity contribution in [2.75, 3.05) is 148 Å². The van der Waals surface area contributed by atoms with Gasteiger partial charge >= 0.3 is 17.4 Å². The number of piperazine rings is 2. The van der Waals surface area contributed by atoms with Crippen molar-refractivity contribution < 1.29 is 52.5 Å². The number of likely N-dealkylation sites (tertiary alicyclic amines) is 3. The number of carbonyl (C=O) groups is 6. The van der Waals surface area contributed by atoms with E-state index in [4.69, 9.17) is 47.3 Å². The summed E-state index contributed by atoms with van der Waals surface area (Å²) in [6.45, 7) is 56.4. The number of thiophene rings is 3. The Labute approximate surface area is 911 Å². The molecule has 0 aliphatic carbocycles. The van der Waals surface area contributed by atoms with Gasteiger partial charge in [-0.1, -0.05) is 119 Å². The van der Waals surface area contributed by atoms with Crippen LogP contribution in [0.4, 0.5) is 31.4 Å². The number of nitrogens with two attached hydrogens (primary N) is 3. The third-order valence-electron chi connectivity index (χ3n) is 32.0. The molecule has 30 nitrogen and oxygen atoms in total. The van der Waals surface area contributed by atoms with E-state index < -0.39 is 25.0 Å². The largest absolute Gasteiger partial charge is 0.414 e. The zero-order valence-electron chi connectivity index (χ0n) is 92.2. The number of ketones is 3. The maximum absolute atomic E-state index is 13.3. The van der Waals surface area contributed by atoms with Gasteiger partial charge in [-0.3, -0.25) is 19.2 Å². The molecule has 3 aromatic carbocycles. The van der Waals surface area contributed by atoms with E-state index in [1.807, 2.05) is 109 Å². The predicted molar refractivity (Wildman–Crippen MR) is 615 cm³/mol. The van der Waals surface area contributed by atoms with Gasteiger partial charge in [-0.15, -0.1) is 34.0 Å². The lowest BCUT2D eigenvalue weighted by Gasteiger charge is -2.45. The molecule has 8 fully saturated rings. The summed E-state index contributed by atoms with van der Waals surface area (Å²) in [6, 6.07) is 29.9. The highest BCUT2D eigenvalue weighted by atomic mass is 35.5. The molecule has 0 saturated carbocycles. The summed E-state index contributed by atoms with van der Waals surface area (Å²) in [7, 11) is -5.08. The number of hydrogen-bond acceptors (Lipinski definition) is 28. The average molecular weight is 2180 g/mol. The van der Waals surface area contributed by atoms with Crippen molar-refractivity contribution in [1.29, 1.82) is 0 Å². The van der Waals surface area contributed by atoms with Crippen molar-refractivity contribution in [3.8, 4) is 31.3 Å². The quantitative estimate of drug-likeness (QED) is 0.00915. The molecule has 0 spiro atoms. The Hall–Kier alpha value is -9.04. The smallest absolute Gasteiger partial charge is 0.320 e. The Bertz CT molecular complexity index is 5780. The van der Waals surface area contributed by atoms with Crippen LogP contribution in [0, 0.1) is 16.2 Å². The van der Waals surface area contributed by atoms with Crippen molar-refractivity contribution in [2.24, 2.45) is 16.2 Å². The number of nitrogens with one attached hydrogen (secondary N) is 3. The van der Waals surface area contributed by atoms with Gasteiger partial charge in [0.2, 0.25) is 8.32 Å². The van der Waals surface area contributed by atoms with Crippen LogP contribution in [0.1, 0.15) is 225 Å². The van der Waals surface area contributed by atoms with E-state index in [9.17, 15) is 34.0 Å². The van der Waals surface area contributed by atoms with Crippen molar-refractivity contribution in [1.82, 2.24) is 80.5 Å². The van der Waals surface area contributed by atoms with Crippen LogP contribution in [0.3, 0.4) is 0 Å². The third-order valence-corrected chi connectivity index (χ3v) is 48.4. The summed E-state index contributed by atoms with van der Waals surface area (Å²) in [5.74, 6) is 2.12. The fourth-order valence-electron chi connectivity index (χ4n) is 18.6. The Kier molecular flexibility index (Phi) is 43.0. The number of aliphatic hydroxyl groups is 1. The van der Waals surface area contributed by atoms with Crippen molar-refractivity contribution in [3.05, 3.63) is 195 Å². The normalized spacial score (nSPS) is 18.3. The number of Topliss-reactive ketones (excluding diaryl/α,β-unsaturated/α-hetero) is 3. The molecule has 8 aliphatic heterocycles. The maximum Gasteiger partial charge on any atom is 0.320 e. The molecule has 818 valence electrons. The fraction of sp³-hybridized carbons (Fsp3) is 0.575. The minimum atomic E-state index is -1.88. The minimum Gasteiger partial charge on any atom is -0.414 e. The molecular formula is C113H168ClN19O11S3Si3. The average Bonchev–Trinajstić information content (AvgIpc) is 1.04. The number of hydrogen-bond donors (Lipinski definition) is 8. The van der Waals surface area contributed by atoms with Gasteiger partial charge in [0.15, 0.2) is 34.0 Å². The highest BCUT2D eigenvalue weighted by Gasteiger charge is 2.45. The number of anilines is 3. The van der Waals surface area contributed by atoms with Crippen molar-refractivity contribution >= 4 is 122 Å². The molecule has 37 heteroatoms. The van der Waals surface area contributed by atoms with Crippen LogP contribution >= 0.6 is 45.6 Å². The first-order chi connectivity index (χ1) is 70.9. The van der Waals surface area contributed by atoms with Crippen LogP contribution < -0.4 is 33.2 Å². The Morgan fingerprint density at radius 1 is 0.400 bits per heavy atom. The highest BCUT2D eigenvalue weighted by Crippen LogP contribution is 2.44. The van der Waals surface area contributed by atoms with E-state index in [2.05, 4.69) is 191 Å². The number of carbonyl (C=O) groups excluding carboxylic acids is 6. The number of halogens is 1. The number of hydroxylamine groups is 4. The van der Waals surface area contributed by atoms with Gasteiger partial charge < -0.3 is 81.3 Å². The van der Waals surface area contributed by atoms with Crippen molar-refractivity contribution in [3.63, 3.8) is 0 Å². The zero-order chi connectivity index (χ0) is 109. The molecule has 0 bridgehead atoms. The van der Waals surface area contributed by atoms with Crippen LogP contribution in [0.25, 0.3) is 31.3 Å². The molecule has 11 N–H and O–H groups in total. The number of piperidine rings is 6. The lowest BCUT2D eigenvalue weighted by Crippen LogP contribution is -2.57. The number of aliphatic hydroxyl groups excluding tert-OH is 1. The Morgan fingerprint density at radius 3 is 1.00 bits per heavy atom. The van der Waals surface area contributed by atoms with Crippen LogP contribution in [0.15, 0.2) is 144 Å². The van der Waals surface area contributed by atoms with E-state index in [0.717, 1.165) is 209 Å². The first-order valence-corrected chi connectivity index (χ1v) is 65.5. The number of aromatic nitrogens is 6. The SMILES string of the molecule is CC(C)(C)[Si](C)(C)OC1CCN(C(=O)Cl)CC1.CC(C)(C)[Si](C)(C)OC1CCNCC1.CC1(Cc2ncc(C(=O)Cc3cc(-c4cccs4)ccc3N)cn2)CCN(C(=O)N2CCN(O)CC2)CC1.CC1(Cc2ncc(C(=O)Cc3cc(-c4cccs4)ccc3N)cn2)CCN(C(=O)N2CCN(O[Si](C)(C)C(C)(C)C)CC2)CC1.CC1(Cc2ncc(C(=O)Cc3cc(-c4cccs4)ccc3N)cn2)CCNCC1.OC1CCNCC1. The van der Waals surface area contributed by atoms with E-state index in [1.54, 1.807) is 76.1 Å². The molecule has 14 heterocycles. The molecule has 8 aliphatic rings. The molecule has 5 amide bonds. The second kappa shape index (κ2) is 53.9. The van der Waals surface area contributed by atoms with Crippen molar-refractivity contribution in [2.45, 2.75) is 271 Å². The standard InChI is InChI=1S/C34H48N6O3SSi.C28H34N6O3S.C23H26N4OS.C12H24ClNO2Si.C11H25NOSi.C5H11NO/c1-33(2,3)45(5,6)43-40-17-15-39(16-18-40)32(42)38-13-11-34(4,12-14-38)22-31-36-23-27(24-37-31)29(41)21-26-20-25(9-10-28(26)35)30-8-7-19-44-30;1-28(6-8-32(9-7-28)27(36)33-10-12-34(37)13-11-33)17-26-30-18-22(19-31-26)24(35)16-21-15-20(4-5-23(21)29)25-3-2-14-38-25;1-23(6-8-25-9-7-23)13-22-26-14-18(15-27-22)20(28)12-17-11-16(4-5-19(17)24)21-3-2-10-29-21;1-12(2,3)17(4,5)16-10-6-8-14(9-7-10)11(13)15;1-11(2,3)14(4,5)13-10-6-8-12-9-7-10;7-5-1-3-6-4-2-5/h7-10,19-20,23-24H,11-18,21-22,35H2,1-6H3;2-5,14-15,18-19,37H,6-13,16-17,29H2,1H3;2-5,10-11,14-15,25H,6-9,12-13,24H2,1H3;10H,6-9H2,1-5H3;10,12H,6-9H2,1-5H3;5-7H,1-4H2. The summed E-state index contributed by atoms with van der Waals surface area (Å²) in [5, 5.41) is 38.2.